The van der Waals surface area contributed by atoms with Gasteiger partial charge < -0.3 is 10.1 Å². The first-order valence-electron chi connectivity index (χ1n) is 4.30. The number of esters is 1. The quantitative estimate of drug-likeness (QED) is 0.660. The van der Waals surface area contributed by atoms with Crippen LogP contribution < -0.4 is 5.32 Å². The molecule has 1 aromatic heterocycles. The number of carbonyl (C=O) groups is 1. The van der Waals surface area contributed by atoms with E-state index in [0.29, 0.717) is 5.69 Å². The second-order valence-corrected chi connectivity index (χ2v) is 3.36. The van der Waals surface area contributed by atoms with Crippen LogP contribution in [0.5, 0.6) is 0 Å². The van der Waals surface area contributed by atoms with Crippen molar-refractivity contribution in [1.82, 2.24) is 4.98 Å². The third kappa shape index (κ3) is 2.52. The summed E-state index contributed by atoms with van der Waals surface area (Å²) in [6.45, 7) is 2.00. The average molecular weight is 249 g/mol. The molecular weight excluding hydrogens is 239 g/mol. The van der Waals surface area contributed by atoms with Gasteiger partial charge in [0.15, 0.2) is 5.15 Å². The van der Waals surface area contributed by atoms with E-state index in [1.807, 2.05) is 0 Å². The van der Waals surface area contributed by atoms with E-state index in [4.69, 9.17) is 27.9 Å². The van der Waals surface area contributed by atoms with Crippen LogP contribution >= 0.6 is 23.2 Å². The molecule has 0 atom stereocenters. The zero-order chi connectivity index (χ0) is 11.4. The van der Waals surface area contributed by atoms with Crippen LogP contribution in [0.25, 0.3) is 0 Å². The van der Waals surface area contributed by atoms with Gasteiger partial charge in [-0.25, -0.2) is 9.78 Å². The van der Waals surface area contributed by atoms with Crippen molar-refractivity contribution in [3.05, 3.63) is 21.9 Å². The number of anilines is 1. The SMILES string of the molecule is CCOC(=O)c1cnc(Cl)c(NC)c1Cl. The van der Waals surface area contributed by atoms with Crippen LogP contribution in [0.2, 0.25) is 10.2 Å². The molecule has 0 spiro atoms. The normalized spacial score (nSPS) is 9.87. The molecule has 0 unspecified atom stereocenters. The molecule has 4 nitrogen and oxygen atoms in total. The number of carbonyl (C=O) groups excluding carboxylic acids is 1. The van der Waals surface area contributed by atoms with E-state index in [0.717, 1.165) is 0 Å². The molecule has 0 saturated heterocycles. The first kappa shape index (κ1) is 12.1. The van der Waals surface area contributed by atoms with Gasteiger partial charge >= 0.3 is 5.97 Å². The summed E-state index contributed by atoms with van der Waals surface area (Å²) in [5, 5.41) is 3.20. The third-order valence-corrected chi connectivity index (χ3v) is 2.39. The maximum Gasteiger partial charge on any atom is 0.341 e. The van der Waals surface area contributed by atoms with E-state index in [1.54, 1.807) is 14.0 Å². The topological polar surface area (TPSA) is 51.2 Å². The monoisotopic (exact) mass is 248 g/mol. The standard InChI is InChI=1S/C9H10Cl2N2O2/c1-3-15-9(14)5-4-13-8(11)7(12-2)6(5)10/h4,12H,3H2,1-2H3. The first-order chi connectivity index (χ1) is 7.11. The lowest BCUT2D eigenvalue weighted by Crippen LogP contribution is -2.07. The molecule has 0 amide bonds. The van der Waals surface area contributed by atoms with Crippen LogP contribution in [0.4, 0.5) is 5.69 Å². The van der Waals surface area contributed by atoms with E-state index in [-0.39, 0.29) is 22.3 Å². The highest BCUT2D eigenvalue weighted by Gasteiger charge is 2.17. The fraction of sp³-hybridized carbons (Fsp3) is 0.333. The van der Waals surface area contributed by atoms with Crippen LogP contribution in [-0.4, -0.2) is 24.6 Å². The Kier molecular flexibility index (Phi) is 4.17. The summed E-state index contributed by atoms with van der Waals surface area (Å²) in [6, 6.07) is 0. The fourth-order valence-electron chi connectivity index (χ4n) is 1.03. The number of ether oxygens (including phenoxy) is 1. The molecule has 0 radical (unpaired) electrons. The zero-order valence-corrected chi connectivity index (χ0v) is 9.82. The Morgan fingerprint density at radius 3 is 2.80 bits per heavy atom. The lowest BCUT2D eigenvalue weighted by molar-refractivity contribution is 0.0526. The molecule has 0 aromatic carbocycles. The summed E-state index contributed by atoms with van der Waals surface area (Å²) in [4.78, 5) is 15.3. The molecule has 82 valence electrons. The summed E-state index contributed by atoms with van der Waals surface area (Å²) < 4.78 is 4.81. The largest absolute Gasteiger partial charge is 0.462 e. The number of aromatic nitrogens is 1. The number of hydrogen-bond acceptors (Lipinski definition) is 4. The molecule has 0 aliphatic carbocycles. The van der Waals surface area contributed by atoms with Crippen LogP contribution in [0.3, 0.4) is 0 Å². The average Bonchev–Trinajstić information content (AvgIpc) is 2.18. The van der Waals surface area contributed by atoms with Gasteiger partial charge in [-0.15, -0.1) is 0 Å². The second-order valence-electron chi connectivity index (χ2n) is 2.62. The fourth-order valence-corrected chi connectivity index (χ4v) is 1.63. The van der Waals surface area contributed by atoms with E-state index < -0.39 is 5.97 Å². The molecule has 1 aromatic rings. The van der Waals surface area contributed by atoms with Gasteiger partial charge in [0.25, 0.3) is 0 Å². The van der Waals surface area contributed by atoms with Crippen molar-refractivity contribution in [3.63, 3.8) is 0 Å². The van der Waals surface area contributed by atoms with Gasteiger partial charge in [-0.2, -0.15) is 0 Å². The number of hydrogen-bond donors (Lipinski definition) is 1. The summed E-state index contributed by atoms with van der Waals surface area (Å²) in [5.74, 6) is -0.511. The molecule has 0 bridgehead atoms. The molecule has 0 aliphatic heterocycles. The Morgan fingerprint density at radius 2 is 2.27 bits per heavy atom. The Morgan fingerprint density at radius 1 is 1.60 bits per heavy atom. The molecule has 1 N–H and O–H groups in total. The van der Waals surface area contributed by atoms with Gasteiger partial charge in [0.05, 0.1) is 22.9 Å². The smallest absolute Gasteiger partial charge is 0.341 e. The summed E-state index contributed by atoms with van der Waals surface area (Å²) in [6.07, 6.45) is 1.30. The number of halogens is 2. The van der Waals surface area contributed by atoms with Gasteiger partial charge in [0, 0.05) is 13.2 Å². The highest BCUT2D eigenvalue weighted by atomic mass is 35.5. The molecule has 1 heterocycles. The molecule has 6 heteroatoms. The molecule has 0 aliphatic rings. The van der Waals surface area contributed by atoms with Crippen LogP contribution in [-0.2, 0) is 4.74 Å². The van der Waals surface area contributed by atoms with Crippen molar-refractivity contribution < 1.29 is 9.53 Å². The Hall–Kier alpha value is -1.00. The van der Waals surface area contributed by atoms with E-state index >= 15 is 0 Å². The van der Waals surface area contributed by atoms with Crippen molar-refractivity contribution >= 4 is 34.9 Å². The van der Waals surface area contributed by atoms with Crippen molar-refractivity contribution in [3.8, 4) is 0 Å². The molecule has 15 heavy (non-hydrogen) atoms. The predicted molar refractivity (Wildman–Crippen MR) is 59.8 cm³/mol. The predicted octanol–water partition coefficient (Wildman–Crippen LogP) is 2.61. The van der Waals surface area contributed by atoms with Crippen molar-refractivity contribution in [2.75, 3.05) is 19.0 Å². The highest BCUT2D eigenvalue weighted by molar-refractivity contribution is 6.40. The Bertz CT molecular complexity index is 383. The maximum absolute atomic E-state index is 11.4. The molecule has 0 fully saturated rings. The number of nitrogens with zero attached hydrogens (tertiary/aromatic N) is 1. The van der Waals surface area contributed by atoms with Crippen molar-refractivity contribution in [1.29, 1.82) is 0 Å². The Labute approximate surface area is 97.5 Å². The number of pyridine rings is 1. The lowest BCUT2D eigenvalue weighted by atomic mass is 10.2. The van der Waals surface area contributed by atoms with Gasteiger partial charge in [-0.3, -0.25) is 0 Å². The highest BCUT2D eigenvalue weighted by Crippen LogP contribution is 2.31. The van der Waals surface area contributed by atoms with E-state index in [1.165, 1.54) is 6.20 Å². The maximum atomic E-state index is 11.4. The van der Waals surface area contributed by atoms with E-state index in [2.05, 4.69) is 10.3 Å². The third-order valence-electron chi connectivity index (χ3n) is 1.71. The van der Waals surface area contributed by atoms with Crippen LogP contribution in [0, 0.1) is 0 Å². The summed E-state index contributed by atoms with van der Waals surface area (Å²) >= 11 is 11.7. The second kappa shape index (κ2) is 5.19. The van der Waals surface area contributed by atoms with Crippen molar-refractivity contribution in [2.45, 2.75) is 6.92 Å². The lowest BCUT2D eigenvalue weighted by Gasteiger charge is -2.09. The van der Waals surface area contributed by atoms with Crippen LogP contribution in [0.15, 0.2) is 6.20 Å². The minimum Gasteiger partial charge on any atom is -0.462 e. The van der Waals surface area contributed by atoms with Gasteiger partial charge in [0.1, 0.15) is 0 Å². The van der Waals surface area contributed by atoms with Crippen molar-refractivity contribution in [2.24, 2.45) is 0 Å². The first-order valence-corrected chi connectivity index (χ1v) is 5.06. The minimum absolute atomic E-state index is 0.201. The molecule has 1 rings (SSSR count). The van der Waals surface area contributed by atoms with Gasteiger partial charge in [-0.05, 0) is 6.92 Å². The van der Waals surface area contributed by atoms with Crippen LogP contribution in [0.1, 0.15) is 17.3 Å². The minimum atomic E-state index is -0.511. The zero-order valence-electron chi connectivity index (χ0n) is 8.30. The number of rotatable bonds is 3. The van der Waals surface area contributed by atoms with Gasteiger partial charge in [-0.1, -0.05) is 23.2 Å². The summed E-state index contributed by atoms with van der Waals surface area (Å²) in [7, 11) is 1.64. The van der Waals surface area contributed by atoms with E-state index in [9.17, 15) is 4.79 Å². The Balaban J connectivity index is 3.15. The van der Waals surface area contributed by atoms with Gasteiger partial charge in [0.2, 0.25) is 0 Å². The molecular formula is C9H10Cl2N2O2. The molecule has 0 saturated carbocycles. The summed E-state index contributed by atoms with van der Waals surface area (Å²) in [5.41, 5.74) is 0.621. The number of nitrogens with one attached hydrogen (secondary N) is 1.